The number of hydrogen-bond acceptors (Lipinski definition) is 5. The molecule has 0 unspecified atom stereocenters. The number of carbonyl (C=O) groups excluding carboxylic acids is 1. The topological polar surface area (TPSA) is 73.6 Å². The molecule has 1 amide bonds. The van der Waals surface area contributed by atoms with Gasteiger partial charge >= 0.3 is 0 Å². The van der Waals surface area contributed by atoms with Crippen molar-refractivity contribution in [3.63, 3.8) is 0 Å². The molecule has 25 heavy (non-hydrogen) atoms. The van der Waals surface area contributed by atoms with Crippen molar-refractivity contribution >= 4 is 27.7 Å². The zero-order valence-corrected chi connectivity index (χ0v) is 14.9. The van der Waals surface area contributed by atoms with E-state index >= 15 is 0 Å². The van der Waals surface area contributed by atoms with Crippen molar-refractivity contribution in [3.05, 3.63) is 59.1 Å². The van der Waals surface area contributed by atoms with Gasteiger partial charge in [-0.1, -0.05) is 33.2 Å². The smallest absolute Gasteiger partial charge is 0.264 e. The minimum atomic E-state index is -0.339. The molecule has 0 fully saturated rings. The number of ether oxygens (including phenoxy) is 2. The summed E-state index contributed by atoms with van der Waals surface area (Å²) in [5.74, 6) is 1.22. The number of aromatic nitrogens is 1. The summed E-state index contributed by atoms with van der Waals surface area (Å²) in [6.07, 6.45) is 0. The number of methoxy groups -OCH3 is 1. The average Bonchev–Trinajstić information content (AvgIpc) is 3.09. The molecule has 0 atom stereocenters. The number of benzene rings is 2. The third-order valence-electron chi connectivity index (χ3n) is 3.34. The van der Waals surface area contributed by atoms with E-state index in [0.29, 0.717) is 11.4 Å². The maximum Gasteiger partial charge on any atom is 0.264 e. The summed E-state index contributed by atoms with van der Waals surface area (Å²) in [4.78, 5) is 11.9. The van der Waals surface area contributed by atoms with Crippen LogP contribution in [0.3, 0.4) is 0 Å². The number of hydrogen-bond donors (Lipinski definition) is 1. The van der Waals surface area contributed by atoms with Crippen LogP contribution in [-0.4, -0.2) is 24.8 Å². The number of halogens is 1. The molecule has 6 nitrogen and oxygen atoms in total. The van der Waals surface area contributed by atoms with Crippen molar-refractivity contribution in [2.45, 2.75) is 0 Å². The fraction of sp³-hybridized carbons (Fsp3) is 0.111. The number of amides is 1. The molecule has 0 saturated carbocycles. The Morgan fingerprint density at radius 3 is 2.48 bits per heavy atom. The molecule has 0 radical (unpaired) electrons. The first-order valence-corrected chi connectivity index (χ1v) is 8.23. The van der Waals surface area contributed by atoms with Gasteiger partial charge in [-0.15, -0.1) is 0 Å². The minimum absolute atomic E-state index is 0.138. The van der Waals surface area contributed by atoms with Gasteiger partial charge in [0.1, 0.15) is 17.2 Å². The lowest BCUT2D eigenvalue weighted by Gasteiger charge is -2.06. The lowest BCUT2D eigenvalue weighted by molar-refractivity contribution is -0.118. The number of nitrogens with one attached hydrogen (secondary N) is 1. The Labute approximate surface area is 152 Å². The SMILES string of the molecule is COc1ccc(OCC(=O)Nc2cc(-c3ccc(Br)cc3)no2)cc1. The summed E-state index contributed by atoms with van der Waals surface area (Å²) < 4.78 is 16.6. The van der Waals surface area contributed by atoms with Gasteiger partial charge in [-0.3, -0.25) is 10.1 Å². The molecular formula is C18H15BrN2O4. The van der Waals surface area contributed by atoms with Gasteiger partial charge in [0.2, 0.25) is 5.88 Å². The molecule has 0 bridgehead atoms. The molecule has 3 rings (SSSR count). The van der Waals surface area contributed by atoms with E-state index in [2.05, 4.69) is 26.4 Å². The second-order valence-corrected chi connectivity index (χ2v) is 6.01. The zero-order valence-electron chi connectivity index (χ0n) is 13.4. The van der Waals surface area contributed by atoms with Crippen molar-refractivity contribution in [3.8, 4) is 22.8 Å². The highest BCUT2D eigenvalue weighted by atomic mass is 79.9. The van der Waals surface area contributed by atoms with Gasteiger partial charge in [0, 0.05) is 16.1 Å². The van der Waals surface area contributed by atoms with E-state index in [-0.39, 0.29) is 18.4 Å². The highest BCUT2D eigenvalue weighted by molar-refractivity contribution is 9.10. The quantitative estimate of drug-likeness (QED) is 0.670. The van der Waals surface area contributed by atoms with Gasteiger partial charge in [-0.25, -0.2) is 0 Å². The maximum atomic E-state index is 11.9. The largest absolute Gasteiger partial charge is 0.497 e. The number of rotatable bonds is 6. The van der Waals surface area contributed by atoms with Crippen LogP contribution in [0.1, 0.15) is 0 Å². The Balaban J connectivity index is 1.55. The van der Waals surface area contributed by atoms with Crippen LogP contribution in [-0.2, 0) is 4.79 Å². The lowest BCUT2D eigenvalue weighted by Crippen LogP contribution is -2.19. The van der Waals surface area contributed by atoms with Crippen LogP contribution < -0.4 is 14.8 Å². The summed E-state index contributed by atoms with van der Waals surface area (Å²) in [6.45, 7) is -0.138. The van der Waals surface area contributed by atoms with Crippen LogP contribution in [0.15, 0.2) is 63.6 Å². The van der Waals surface area contributed by atoms with E-state index in [4.69, 9.17) is 14.0 Å². The molecule has 0 aliphatic heterocycles. The first kappa shape index (κ1) is 17.0. The van der Waals surface area contributed by atoms with Crippen molar-refractivity contribution in [2.24, 2.45) is 0 Å². The molecule has 0 aliphatic rings. The van der Waals surface area contributed by atoms with E-state index in [1.54, 1.807) is 37.4 Å². The van der Waals surface area contributed by atoms with E-state index in [9.17, 15) is 4.79 Å². The summed E-state index contributed by atoms with van der Waals surface area (Å²) in [5, 5.41) is 6.56. The van der Waals surface area contributed by atoms with E-state index in [1.165, 1.54) is 0 Å². The van der Waals surface area contributed by atoms with Crippen LogP contribution in [0.25, 0.3) is 11.3 Å². The molecule has 0 saturated heterocycles. The fourth-order valence-electron chi connectivity index (χ4n) is 2.09. The molecule has 3 aromatic rings. The zero-order chi connectivity index (χ0) is 17.6. The van der Waals surface area contributed by atoms with Gasteiger partial charge < -0.3 is 14.0 Å². The van der Waals surface area contributed by atoms with Crippen LogP contribution >= 0.6 is 15.9 Å². The fourth-order valence-corrected chi connectivity index (χ4v) is 2.35. The van der Waals surface area contributed by atoms with Crippen LogP contribution in [0.2, 0.25) is 0 Å². The van der Waals surface area contributed by atoms with Crippen LogP contribution in [0.4, 0.5) is 5.88 Å². The van der Waals surface area contributed by atoms with Crippen molar-refractivity contribution < 1.29 is 18.8 Å². The van der Waals surface area contributed by atoms with Crippen LogP contribution in [0, 0.1) is 0 Å². The molecule has 1 heterocycles. The van der Waals surface area contributed by atoms with Crippen molar-refractivity contribution in [2.75, 3.05) is 19.0 Å². The Bertz CT molecular complexity index is 844. The lowest BCUT2D eigenvalue weighted by atomic mass is 10.1. The van der Waals surface area contributed by atoms with E-state index in [1.807, 2.05) is 24.3 Å². The van der Waals surface area contributed by atoms with Crippen molar-refractivity contribution in [1.29, 1.82) is 0 Å². The van der Waals surface area contributed by atoms with E-state index in [0.717, 1.165) is 15.8 Å². The molecule has 0 aliphatic carbocycles. The number of carbonyl (C=O) groups is 1. The average molecular weight is 403 g/mol. The predicted octanol–water partition coefficient (Wildman–Crippen LogP) is 4.13. The molecule has 128 valence electrons. The van der Waals surface area contributed by atoms with Gasteiger partial charge in [-0.05, 0) is 36.4 Å². The molecule has 1 N–H and O–H groups in total. The third-order valence-corrected chi connectivity index (χ3v) is 3.87. The number of nitrogens with zero attached hydrogens (tertiary/aromatic N) is 1. The monoisotopic (exact) mass is 402 g/mol. The molecule has 7 heteroatoms. The summed E-state index contributed by atoms with van der Waals surface area (Å²) in [6, 6.07) is 16.3. The first-order valence-electron chi connectivity index (χ1n) is 7.43. The molecular weight excluding hydrogens is 388 g/mol. The second kappa shape index (κ2) is 7.85. The normalized spacial score (nSPS) is 10.3. The standard InChI is InChI=1S/C18H15BrN2O4/c1-23-14-6-8-15(9-7-14)24-11-17(22)20-18-10-16(21-25-18)12-2-4-13(19)5-3-12/h2-10H,11H2,1H3,(H,20,22). The summed E-state index contributed by atoms with van der Waals surface area (Å²) in [7, 11) is 1.59. The highest BCUT2D eigenvalue weighted by Crippen LogP contribution is 2.23. The maximum absolute atomic E-state index is 11.9. The summed E-state index contributed by atoms with van der Waals surface area (Å²) in [5.41, 5.74) is 1.53. The van der Waals surface area contributed by atoms with Gasteiger partial charge in [0.05, 0.1) is 7.11 Å². The van der Waals surface area contributed by atoms with E-state index < -0.39 is 0 Å². The predicted molar refractivity (Wildman–Crippen MR) is 96.8 cm³/mol. The van der Waals surface area contributed by atoms with Crippen LogP contribution in [0.5, 0.6) is 11.5 Å². The van der Waals surface area contributed by atoms with Gasteiger partial charge in [-0.2, -0.15) is 0 Å². The minimum Gasteiger partial charge on any atom is -0.497 e. The third kappa shape index (κ3) is 4.60. The second-order valence-electron chi connectivity index (χ2n) is 5.10. The first-order chi connectivity index (χ1) is 12.1. The molecule has 0 spiro atoms. The van der Waals surface area contributed by atoms with Gasteiger partial charge in [0.25, 0.3) is 5.91 Å². The Kier molecular flexibility index (Phi) is 5.35. The number of anilines is 1. The summed E-state index contributed by atoms with van der Waals surface area (Å²) >= 11 is 3.38. The van der Waals surface area contributed by atoms with Gasteiger partial charge in [0.15, 0.2) is 6.61 Å². The Morgan fingerprint density at radius 2 is 1.80 bits per heavy atom. The molecule has 2 aromatic carbocycles. The van der Waals surface area contributed by atoms with Crippen molar-refractivity contribution in [1.82, 2.24) is 5.16 Å². The Hall–Kier alpha value is -2.80. The Morgan fingerprint density at radius 1 is 1.12 bits per heavy atom. The highest BCUT2D eigenvalue weighted by Gasteiger charge is 2.10. The molecule has 1 aromatic heterocycles.